The Morgan fingerprint density at radius 3 is 1.00 bits per heavy atom. The third-order valence-electron chi connectivity index (χ3n) is 0. The predicted molar refractivity (Wildman–Crippen MR) is 12.7 cm³/mol. The van der Waals surface area contributed by atoms with Gasteiger partial charge in [0.15, 0.2) is 0 Å². The van der Waals surface area contributed by atoms with Gasteiger partial charge in [0.2, 0.25) is 0 Å². The molecule has 0 atom stereocenters. The van der Waals surface area contributed by atoms with E-state index in [0.717, 1.165) is 0 Å². The van der Waals surface area contributed by atoms with Gasteiger partial charge < -0.3 is 23.3 Å². The molecule has 0 heterocycles. The normalized spacial score (nSPS) is 6.00. The van der Waals surface area contributed by atoms with Crippen molar-refractivity contribution in [2.24, 2.45) is 0 Å². The average molecular weight is 329 g/mol. The van der Waals surface area contributed by atoms with E-state index in [4.69, 9.17) is 14.7 Å². The van der Waals surface area contributed by atoms with Crippen LogP contribution in [-0.4, -0.2) is 48.9 Å². The van der Waals surface area contributed by atoms with Gasteiger partial charge in [-0.15, -0.1) is 0 Å². The monoisotopic (exact) mass is 331 g/mol. The Kier molecular flexibility index (Phi) is 28.4. The van der Waals surface area contributed by atoms with Crippen LogP contribution in [0.25, 0.3) is 0 Å². The molecule has 26 valence electrons. The summed E-state index contributed by atoms with van der Waals surface area (Å²) in [6.45, 7) is 0. The first-order valence-corrected chi connectivity index (χ1v) is 1.64. The molecule has 0 saturated heterocycles. The minimum absolute atomic E-state index is 0. The van der Waals surface area contributed by atoms with Crippen molar-refractivity contribution in [1.82, 2.24) is 0 Å². The van der Waals surface area contributed by atoms with Crippen LogP contribution in [0.4, 0.5) is 0 Å². The minimum atomic E-state index is -3.37. The van der Waals surface area contributed by atoms with E-state index in [2.05, 4.69) is 0 Å². The summed E-state index contributed by atoms with van der Waals surface area (Å²) < 4.78 is 0. The minimum Gasteiger partial charge on any atom is -0.854 e. The van der Waals surface area contributed by atoms with Gasteiger partial charge in [-0.2, -0.15) is 0 Å². The van der Waals surface area contributed by atoms with E-state index in [1.807, 2.05) is 0 Å². The number of rotatable bonds is 0. The summed E-state index contributed by atoms with van der Waals surface area (Å²) in [6, 6.07) is 0. The van der Waals surface area contributed by atoms with Crippen LogP contribution in [0.5, 0.6) is 0 Å². The van der Waals surface area contributed by atoms with Crippen molar-refractivity contribution in [3.8, 4) is 0 Å². The fourth-order valence-electron chi connectivity index (χ4n) is 0. The summed E-state index contributed by atoms with van der Waals surface area (Å²) in [6.07, 6.45) is 0. The van der Waals surface area contributed by atoms with Gasteiger partial charge in [-0.1, -0.05) is 0 Å². The molecule has 0 bridgehead atoms. The number of hydrogen-bond donors (Lipinski definition) is 0. The standard InChI is InChI=1S/Ba.Cd.O3P/c;;1-4(2)3/q2*+2;-3. The van der Waals surface area contributed by atoms with Gasteiger partial charge in [-0.3, -0.25) is 0 Å². The zero-order chi connectivity index (χ0) is 3.58. The molecule has 0 aliphatic heterocycles. The van der Waals surface area contributed by atoms with E-state index >= 15 is 0 Å². The third-order valence-corrected chi connectivity index (χ3v) is 0. The van der Waals surface area contributed by atoms with E-state index < -0.39 is 8.60 Å². The van der Waals surface area contributed by atoms with Crippen molar-refractivity contribution < 1.29 is 42.0 Å². The molecule has 0 N–H and O–H groups in total. The Morgan fingerprint density at radius 1 is 1.00 bits per heavy atom. The second-order valence-electron chi connectivity index (χ2n) is 0.224. The van der Waals surface area contributed by atoms with Crippen molar-refractivity contribution >= 4 is 57.5 Å². The van der Waals surface area contributed by atoms with Crippen molar-refractivity contribution in [3.63, 3.8) is 0 Å². The number of hydrogen-bond acceptors (Lipinski definition) is 3. The summed E-state index contributed by atoms with van der Waals surface area (Å²) in [4.78, 5) is 25.4. The molecule has 0 saturated carbocycles. The molecule has 0 aliphatic rings. The first-order valence-electron chi connectivity index (χ1n) is 0.548. The molecule has 0 aromatic carbocycles. The van der Waals surface area contributed by atoms with E-state index in [-0.39, 0.29) is 76.2 Å². The van der Waals surface area contributed by atoms with Crippen LogP contribution in [0.1, 0.15) is 0 Å². The summed E-state index contributed by atoms with van der Waals surface area (Å²) >= 11 is 0. The molecule has 0 amide bonds. The first-order chi connectivity index (χ1) is 1.73. The van der Waals surface area contributed by atoms with Crippen LogP contribution in [0.2, 0.25) is 0 Å². The topological polar surface area (TPSA) is 69.2 Å². The van der Waals surface area contributed by atoms with E-state index in [0.29, 0.717) is 0 Å². The molecule has 0 aromatic heterocycles. The molecule has 0 aromatic rings. The van der Waals surface area contributed by atoms with Crippen LogP contribution >= 0.6 is 8.60 Å². The van der Waals surface area contributed by atoms with Crippen molar-refractivity contribution in [2.45, 2.75) is 0 Å². The zero-order valence-electron chi connectivity index (χ0n) is 3.09. The van der Waals surface area contributed by atoms with E-state index in [9.17, 15) is 0 Å². The molecular formula is BaCdO3P+. The molecule has 0 aliphatic carbocycles. The van der Waals surface area contributed by atoms with Crippen LogP contribution in [-0.2, 0) is 27.3 Å². The van der Waals surface area contributed by atoms with Crippen LogP contribution < -0.4 is 14.7 Å². The Bertz CT molecular complexity index is 15.5. The Morgan fingerprint density at radius 2 is 1.00 bits per heavy atom. The quantitative estimate of drug-likeness (QED) is 0.350. The molecular weight excluding hydrogens is 329 g/mol. The van der Waals surface area contributed by atoms with Gasteiger partial charge in [0.1, 0.15) is 0 Å². The average Bonchev–Trinajstić information content (AvgIpc) is 0.811. The van der Waals surface area contributed by atoms with Gasteiger partial charge in [0.25, 0.3) is 0 Å². The molecule has 0 fully saturated rings. The van der Waals surface area contributed by atoms with Crippen molar-refractivity contribution in [2.75, 3.05) is 0 Å². The summed E-state index contributed by atoms with van der Waals surface area (Å²) in [7, 11) is -3.37. The molecule has 0 rings (SSSR count). The fraction of sp³-hybridized carbons (Fsp3) is 0. The maximum atomic E-state index is 8.48. The smallest absolute Gasteiger partial charge is 0.854 e. The summed E-state index contributed by atoms with van der Waals surface area (Å²) in [5, 5.41) is 0. The van der Waals surface area contributed by atoms with Crippen LogP contribution in [0.15, 0.2) is 0 Å². The summed E-state index contributed by atoms with van der Waals surface area (Å²) in [5.41, 5.74) is 0. The van der Waals surface area contributed by atoms with Gasteiger partial charge in [0, 0.05) is 0 Å². The molecule has 0 unspecified atom stereocenters. The van der Waals surface area contributed by atoms with E-state index in [1.165, 1.54) is 0 Å². The van der Waals surface area contributed by atoms with Crippen LogP contribution in [0.3, 0.4) is 0 Å². The molecule has 0 radical (unpaired) electrons. The maximum Gasteiger partial charge on any atom is 2.00 e. The zero-order valence-corrected chi connectivity index (χ0v) is 12.5. The van der Waals surface area contributed by atoms with E-state index in [1.54, 1.807) is 0 Å². The Balaban J connectivity index is -0.0000000450. The molecule has 6 heavy (non-hydrogen) atoms. The second-order valence-corrected chi connectivity index (χ2v) is 0.671. The van der Waals surface area contributed by atoms with Crippen LogP contribution in [0, 0.1) is 0 Å². The first kappa shape index (κ1) is 15.9. The predicted octanol–water partition coefficient (Wildman–Crippen LogP) is -3.09. The van der Waals surface area contributed by atoms with Gasteiger partial charge in [-0.05, 0) is 0 Å². The summed E-state index contributed by atoms with van der Waals surface area (Å²) in [5.74, 6) is 0. The Hall–Kier alpha value is 2.80. The molecule has 0 spiro atoms. The molecule has 3 nitrogen and oxygen atoms in total. The Labute approximate surface area is 97.4 Å². The SMILES string of the molecule is [Ba+2].[Cd+2].[O-]P([O-])[O-]. The fourth-order valence-corrected chi connectivity index (χ4v) is 0. The van der Waals surface area contributed by atoms with Crippen molar-refractivity contribution in [3.05, 3.63) is 0 Å². The second kappa shape index (κ2) is 10.7. The maximum absolute atomic E-state index is 8.48. The van der Waals surface area contributed by atoms with Gasteiger partial charge >= 0.3 is 76.2 Å². The van der Waals surface area contributed by atoms with Gasteiger partial charge in [-0.25, -0.2) is 0 Å². The molecule has 6 heteroatoms. The van der Waals surface area contributed by atoms with Crippen molar-refractivity contribution in [1.29, 1.82) is 0 Å². The largest absolute Gasteiger partial charge is 2.00 e. The van der Waals surface area contributed by atoms with Gasteiger partial charge in [0.05, 0.1) is 0 Å². The third kappa shape index (κ3) is 29.2.